The fraction of sp³-hybridized carbons (Fsp3) is 0.667. The molecule has 0 saturated carbocycles. The first kappa shape index (κ1) is 9.87. The van der Waals surface area contributed by atoms with Crippen LogP contribution in [-0.2, 0) is 4.79 Å². The fourth-order valence-corrected chi connectivity index (χ4v) is 0.174. The van der Waals surface area contributed by atoms with E-state index < -0.39 is 0 Å². The molecule has 0 aliphatic carbocycles. The van der Waals surface area contributed by atoms with Crippen molar-refractivity contribution in [1.29, 1.82) is 0 Å². The van der Waals surface area contributed by atoms with Crippen molar-refractivity contribution in [3.05, 3.63) is 0 Å². The van der Waals surface area contributed by atoms with E-state index in [0.29, 0.717) is 0 Å². The van der Waals surface area contributed by atoms with Crippen LogP contribution in [0.2, 0.25) is 0 Å². The van der Waals surface area contributed by atoms with Crippen LogP contribution in [-0.4, -0.2) is 19.5 Å². The van der Waals surface area contributed by atoms with Crippen LogP contribution in [0.25, 0.3) is 0 Å². The second-order valence-corrected chi connectivity index (χ2v) is 0.997. The molecule has 3 N–H and O–H groups in total. The molecule has 0 rings (SSSR count). The van der Waals surface area contributed by atoms with Gasteiger partial charge in [-0.05, 0) is 7.05 Å². The van der Waals surface area contributed by atoms with Gasteiger partial charge in [0.05, 0.1) is 6.54 Å². The highest BCUT2D eigenvalue weighted by atomic mass is 35.5. The Bertz CT molecular complexity index is 56.9. The number of hydrogen-bond acceptors (Lipinski definition) is 2. The van der Waals surface area contributed by atoms with Gasteiger partial charge in [-0.3, -0.25) is 4.79 Å². The van der Waals surface area contributed by atoms with Gasteiger partial charge >= 0.3 is 0 Å². The van der Waals surface area contributed by atoms with Gasteiger partial charge < -0.3 is 11.1 Å². The van der Waals surface area contributed by atoms with Crippen LogP contribution >= 0.6 is 12.4 Å². The van der Waals surface area contributed by atoms with E-state index in [4.69, 9.17) is 5.73 Å². The zero-order chi connectivity index (χ0) is 4.99. The number of carbonyl (C=O) groups excluding carboxylic acids is 1. The lowest BCUT2D eigenvalue weighted by atomic mass is 10.6. The summed E-state index contributed by atoms with van der Waals surface area (Å²) in [6, 6.07) is 0. The second kappa shape index (κ2) is 5.72. The van der Waals surface area contributed by atoms with E-state index in [1.54, 1.807) is 7.05 Å². The van der Waals surface area contributed by atoms with Gasteiger partial charge in [0.2, 0.25) is 5.91 Å². The Morgan fingerprint density at radius 1 is 1.86 bits per heavy atom. The predicted octanol–water partition coefficient (Wildman–Crippen LogP) is -0.887. The molecule has 0 aliphatic rings. The van der Waals surface area contributed by atoms with Gasteiger partial charge in [-0.25, -0.2) is 0 Å². The van der Waals surface area contributed by atoms with Gasteiger partial charge in [0.1, 0.15) is 0 Å². The summed E-state index contributed by atoms with van der Waals surface area (Å²) in [5, 5.41) is 2.59. The molecular formula is C3H9ClN2O. The Hall–Kier alpha value is -0.280. The molecule has 44 valence electrons. The molecule has 0 aromatic carbocycles. The Morgan fingerprint density at radius 2 is 2.29 bits per heavy atom. The Labute approximate surface area is 48.7 Å². The van der Waals surface area contributed by atoms with Crippen LogP contribution in [0.5, 0.6) is 0 Å². The van der Waals surface area contributed by atoms with E-state index in [1.165, 1.54) is 0 Å². The van der Waals surface area contributed by atoms with Crippen LogP contribution in [0.3, 0.4) is 0 Å². The van der Waals surface area contributed by atoms with E-state index in [1.807, 2.05) is 0 Å². The third-order valence-corrected chi connectivity index (χ3v) is 0.351. The van der Waals surface area contributed by atoms with Gasteiger partial charge in [0.25, 0.3) is 0 Å². The number of rotatable bonds is 2. The van der Waals surface area contributed by atoms with Gasteiger partial charge in [-0.15, -0.1) is 12.4 Å². The summed E-state index contributed by atoms with van der Waals surface area (Å²) >= 11 is 0. The number of carbonyl (C=O) groups is 1. The quantitative estimate of drug-likeness (QED) is 0.502. The molecule has 3 nitrogen and oxygen atoms in total. The summed E-state index contributed by atoms with van der Waals surface area (Å²) in [6.07, 6.45) is 0. The molecular weight excluding hydrogens is 115 g/mol. The molecule has 1 amide bonds. The number of likely N-dealkylation sites (N-methyl/N-ethyl adjacent to an activating group) is 1. The lowest BCUT2D eigenvalue weighted by molar-refractivity contribution is -0.117. The molecule has 0 spiro atoms. The van der Waals surface area contributed by atoms with Crippen LogP contribution in [0.1, 0.15) is 0 Å². The standard InChI is InChI=1S/C3H8N2O.ClH/c1-5-2-3(4)6;/h5H,2H2,1H3,(H2,4,6);1H. The molecule has 0 fully saturated rings. The number of primary amides is 1. The van der Waals surface area contributed by atoms with Crippen molar-refractivity contribution in [2.24, 2.45) is 5.73 Å². The minimum absolute atomic E-state index is 0. The highest BCUT2D eigenvalue weighted by molar-refractivity contribution is 5.85. The molecule has 4 heteroatoms. The molecule has 7 heavy (non-hydrogen) atoms. The molecule has 0 saturated heterocycles. The molecule has 0 atom stereocenters. The van der Waals surface area contributed by atoms with Gasteiger partial charge in [0, 0.05) is 0 Å². The third kappa shape index (κ3) is 10.7. The third-order valence-electron chi connectivity index (χ3n) is 0.351. The van der Waals surface area contributed by atoms with Gasteiger partial charge in [-0.1, -0.05) is 0 Å². The van der Waals surface area contributed by atoms with E-state index in [9.17, 15) is 4.79 Å². The summed E-state index contributed by atoms with van der Waals surface area (Å²) in [6.45, 7) is 0.264. The van der Waals surface area contributed by atoms with Gasteiger partial charge in [-0.2, -0.15) is 0 Å². The van der Waals surface area contributed by atoms with Crippen LogP contribution in [0.15, 0.2) is 0 Å². The second-order valence-electron chi connectivity index (χ2n) is 0.997. The van der Waals surface area contributed by atoms with Crippen LogP contribution < -0.4 is 11.1 Å². The van der Waals surface area contributed by atoms with E-state index in [2.05, 4.69) is 5.32 Å². The highest BCUT2D eigenvalue weighted by Crippen LogP contribution is 1.44. The SMILES string of the molecule is CNCC(N)=O.Cl. The molecule has 0 aliphatic heterocycles. The summed E-state index contributed by atoms with van der Waals surface area (Å²) in [4.78, 5) is 9.76. The van der Waals surface area contributed by atoms with E-state index in [-0.39, 0.29) is 24.9 Å². The summed E-state index contributed by atoms with van der Waals surface area (Å²) < 4.78 is 0. The minimum atomic E-state index is -0.322. The molecule has 0 aromatic heterocycles. The number of nitrogens with one attached hydrogen (secondary N) is 1. The van der Waals surface area contributed by atoms with Crippen molar-refractivity contribution in [1.82, 2.24) is 5.32 Å². The lowest BCUT2D eigenvalue weighted by Crippen LogP contribution is -2.25. The number of hydrogen-bond donors (Lipinski definition) is 2. The molecule has 0 bridgehead atoms. The van der Waals surface area contributed by atoms with Crippen LogP contribution in [0, 0.1) is 0 Å². The molecule has 0 radical (unpaired) electrons. The molecule has 0 unspecified atom stereocenters. The number of halogens is 1. The summed E-state index contributed by atoms with van der Waals surface area (Å²) in [7, 11) is 1.67. The zero-order valence-electron chi connectivity index (χ0n) is 4.10. The summed E-state index contributed by atoms with van der Waals surface area (Å²) in [5.41, 5.74) is 4.70. The topological polar surface area (TPSA) is 55.1 Å². The normalized spacial score (nSPS) is 7.00. The van der Waals surface area contributed by atoms with Crippen molar-refractivity contribution in [3.63, 3.8) is 0 Å². The van der Waals surface area contributed by atoms with Crippen molar-refractivity contribution < 1.29 is 4.79 Å². The largest absolute Gasteiger partial charge is 0.369 e. The molecule has 0 heterocycles. The fourth-order valence-electron chi connectivity index (χ4n) is 0.174. The maximum absolute atomic E-state index is 9.76. The first-order valence-electron chi connectivity index (χ1n) is 1.70. The van der Waals surface area contributed by atoms with Crippen molar-refractivity contribution in [2.45, 2.75) is 0 Å². The number of nitrogens with two attached hydrogens (primary N) is 1. The van der Waals surface area contributed by atoms with E-state index in [0.717, 1.165) is 0 Å². The number of amides is 1. The smallest absolute Gasteiger partial charge is 0.231 e. The summed E-state index contributed by atoms with van der Waals surface area (Å²) in [5.74, 6) is -0.322. The lowest BCUT2D eigenvalue weighted by Gasteiger charge is -1.85. The first-order chi connectivity index (χ1) is 2.77. The van der Waals surface area contributed by atoms with Crippen LogP contribution in [0.4, 0.5) is 0 Å². The molecule has 0 aromatic rings. The monoisotopic (exact) mass is 124 g/mol. The Morgan fingerprint density at radius 3 is 2.29 bits per heavy atom. The Balaban J connectivity index is 0. The average molecular weight is 125 g/mol. The van der Waals surface area contributed by atoms with Crippen molar-refractivity contribution in [2.75, 3.05) is 13.6 Å². The maximum Gasteiger partial charge on any atom is 0.231 e. The highest BCUT2D eigenvalue weighted by Gasteiger charge is 1.82. The average Bonchev–Trinajstić information content (AvgIpc) is 1.35. The van der Waals surface area contributed by atoms with Crippen molar-refractivity contribution >= 4 is 18.3 Å². The minimum Gasteiger partial charge on any atom is -0.369 e. The predicted molar refractivity (Wildman–Crippen MR) is 30.4 cm³/mol. The maximum atomic E-state index is 9.76. The van der Waals surface area contributed by atoms with Gasteiger partial charge in [0.15, 0.2) is 0 Å². The van der Waals surface area contributed by atoms with E-state index >= 15 is 0 Å². The zero-order valence-corrected chi connectivity index (χ0v) is 4.92. The Kier molecular flexibility index (Phi) is 8.06. The first-order valence-corrected chi connectivity index (χ1v) is 1.70. The van der Waals surface area contributed by atoms with Crippen molar-refractivity contribution in [3.8, 4) is 0 Å².